The minimum Gasteiger partial charge on any atom is -0.468 e. The number of benzene rings is 6. The number of rotatable bonds is 3. The standard InChI is InChI=1S/C61H67BN2O/c1-36-30-50-54-51(31-36)64(41-21-18-39(19-22-41)53-37(2)16-15-17-38(53)3)55-43-32-40(57(4,5)6)20-25-52(43)65-56(55)62(54)48-34-46-47(61(13,14)29-28-60(46,11)12)35-49(48)63(50)42-23-24-44-45(33-42)59(9,10)27-26-58(44,7)8/h15-25,30-35H,26-29H2,1-14H3. The number of aryl methyl sites for hydroxylation is 3. The Kier molecular flexibility index (Phi) is 8.95. The van der Waals surface area contributed by atoms with Gasteiger partial charge in [0.25, 0.3) is 6.71 Å². The average Bonchev–Trinajstić information content (AvgIpc) is 3.62. The van der Waals surface area contributed by atoms with Gasteiger partial charge in [0.15, 0.2) is 0 Å². The summed E-state index contributed by atoms with van der Waals surface area (Å²) < 4.78 is 7.41. The molecule has 11 rings (SSSR count). The van der Waals surface area contributed by atoms with Crippen molar-refractivity contribution in [2.45, 2.75) is 150 Å². The van der Waals surface area contributed by atoms with E-state index in [0.717, 1.165) is 35.5 Å². The van der Waals surface area contributed by atoms with Gasteiger partial charge in [-0.2, -0.15) is 0 Å². The van der Waals surface area contributed by atoms with Gasteiger partial charge in [0.1, 0.15) is 5.58 Å². The Morgan fingerprint density at radius 3 is 1.71 bits per heavy atom. The van der Waals surface area contributed by atoms with Crippen molar-refractivity contribution in [3.63, 3.8) is 0 Å². The lowest BCUT2D eigenvalue weighted by atomic mass is 9.35. The first kappa shape index (κ1) is 42.2. The molecule has 0 radical (unpaired) electrons. The van der Waals surface area contributed by atoms with Gasteiger partial charge in [0.05, 0.1) is 11.3 Å². The maximum absolute atomic E-state index is 7.41. The van der Waals surface area contributed by atoms with E-state index in [-0.39, 0.29) is 33.8 Å². The fourth-order valence-corrected chi connectivity index (χ4v) is 12.5. The van der Waals surface area contributed by atoms with Gasteiger partial charge in [-0.3, -0.25) is 0 Å². The third-order valence-corrected chi connectivity index (χ3v) is 16.6. The van der Waals surface area contributed by atoms with Crippen LogP contribution in [0.4, 0.5) is 34.1 Å². The van der Waals surface area contributed by atoms with E-state index in [4.69, 9.17) is 4.42 Å². The lowest BCUT2D eigenvalue weighted by Gasteiger charge is -2.47. The predicted molar refractivity (Wildman–Crippen MR) is 279 cm³/mol. The topological polar surface area (TPSA) is 19.6 Å². The third kappa shape index (κ3) is 6.28. The summed E-state index contributed by atoms with van der Waals surface area (Å²) in [5.41, 5.74) is 25.8. The largest absolute Gasteiger partial charge is 0.468 e. The van der Waals surface area contributed by atoms with Crippen LogP contribution in [0.3, 0.4) is 0 Å². The highest BCUT2D eigenvalue weighted by molar-refractivity contribution is 7.00. The molecule has 4 heteroatoms. The molecule has 7 aromatic rings. The van der Waals surface area contributed by atoms with Crippen LogP contribution < -0.4 is 26.4 Å². The first-order valence-corrected chi connectivity index (χ1v) is 24.4. The molecule has 0 N–H and O–H groups in total. The minimum absolute atomic E-state index is 0.0272. The highest BCUT2D eigenvalue weighted by Gasteiger charge is 2.49. The van der Waals surface area contributed by atoms with Crippen molar-refractivity contribution in [1.29, 1.82) is 0 Å². The van der Waals surface area contributed by atoms with E-state index in [1.807, 2.05) is 0 Å². The molecule has 3 heterocycles. The Balaban J connectivity index is 1.24. The molecule has 0 unspecified atom stereocenters. The van der Waals surface area contributed by atoms with Crippen molar-refractivity contribution < 1.29 is 4.42 Å². The van der Waals surface area contributed by atoms with Crippen LogP contribution in [-0.2, 0) is 27.1 Å². The van der Waals surface area contributed by atoms with Gasteiger partial charge >= 0.3 is 0 Å². The molecule has 0 atom stereocenters. The second-order valence-corrected chi connectivity index (χ2v) is 24.1. The van der Waals surface area contributed by atoms with Crippen molar-refractivity contribution in [3.05, 3.63) is 148 Å². The SMILES string of the molecule is Cc1cc2c3c(c1)N(c1ccc(-c4c(C)cccc4C)cc1)c1c(oc4ccc(C(C)(C)C)cc14)B3c1cc3c(cc1N2c1ccc2c(c1)C(C)(C)CCC2(C)C)C(C)(C)CCC3(C)C. The van der Waals surface area contributed by atoms with Crippen LogP contribution in [0.25, 0.3) is 22.1 Å². The number of fused-ring (bicyclic) bond motifs is 8. The van der Waals surface area contributed by atoms with E-state index >= 15 is 0 Å². The second kappa shape index (κ2) is 13.8. The van der Waals surface area contributed by atoms with Gasteiger partial charge in [0, 0.05) is 33.8 Å². The maximum atomic E-state index is 7.41. The Morgan fingerprint density at radius 2 is 1.09 bits per heavy atom. The van der Waals surface area contributed by atoms with Gasteiger partial charge in [-0.1, -0.05) is 125 Å². The molecule has 4 aliphatic rings. The van der Waals surface area contributed by atoms with E-state index < -0.39 is 0 Å². The fraction of sp³-hybridized carbons (Fsp3) is 0.377. The van der Waals surface area contributed by atoms with Crippen molar-refractivity contribution in [1.82, 2.24) is 0 Å². The highest BCUT2D eigenvalue weighted by Crippen LogP contribution is 2.53. The van der Waals surface area contributed by atoms with Crippen LogP contribution in [0.1, 0.15) is 146 Å². The molecule has 65 heavy (non-hydrogen) atoms. The van der Waals surface area contributed by atoms with Gasteiger partial charge in [-0.05, 0) is 195 Å². The van der Waals surface area contributed by atoms with E-state index in [2.05, 4.69) is 210 Å². The molecule has 2 aliphatic heterocycles. The predicted octanol–water partition coefficient (Wildman–Crippen LogP) is 15.1. The average molecular weight is 855 g/mol. The van der Waals surface area contributed by atoms with Crippen molar-refractivity contribution in [2.24, 2.45) is 0 Å². The number of furan rings is 1. The lowest BCUT2D eigenvalue weighted by Crippen LogP contribution is -2.61. The van der Waals surface area contributed by atoms with Gasteiger partial charge < -0.3 is 14.2 Å². The zero-order valence-corrected chi connectivity index (χ0v) is 41.5. The fourth-order valence-electron chi connectivity index (χ4n) is 12.5. The van der Waals surface area contributed by atoms with Crippen LogP contribution in [-0.4, -0.2) is 6.71 Å². The lowest BCUT2D eigenvalue weighted by molar-refractivity contribution is 0.332. The van der Waals surface area contributed by atoms with Crippen LogP contribution in [0.5, 0.6) is 0 Å². The number of anilines is 6. The molecule has 0 saturated carbocycles. The maximum Gasteiger partial charge on any atom is 0.297 e. The smallest absolute Gasteiger partial charge is 0.297 e. The molecule has 0 spiro atoms. The minimum atomic E-state index is -0.100. The molecular formula is C61H67BN2O. The Hall–Kier alpha value is -5.48. The Bertz CT molecular complexity index is 3110. The van der Waals surface area contributed by atoms with Crippen molar-refractivity contribution >= 4 is 68.4 Å². The third-order valence-electron chi connectivity index (χ3n) is 16.6. The first-order chi connectivity index (χ1) is 30.6. The summed E-state index contributed by atoms with van der Waals surface area (Å²) in [6.07, 6.45) is 4.70. The summed E-state index contributed by atoms with van der Waals surface area (Å²) in [6, 6.07) is 40.5. The van der Waals surface area contributed by atoms with Gasteiger partial charge in [0.2, 0.25) is 0 Å². The zero-order valence-electron chi connectivity index (χ0n) is 41.5. The molecule has 6 aromatic carbocycles. The van der Waals surface area contributed by atoms with Crippen LogP contribution in [0.2, 0.25) is 0 Å². The highest BCUT2D eigenvalue weighted by atomic mass is 16.3. The van der Waals surface area contributed by atoms with Gasteiger partial charge in [-0.25, -0.2) is 0 Å². The molecule has 0 bridgehead atoms. The van der Waals surface area contributed by atoms with Crippen LogP contribution >= 0.6 is 0 Å². The summed E-state index contributed by atoms with van der Waals surface area (Å²) in [4.78, 5) is 5.21. The van der Waals surface area contributed by atoms with E-state index in [0.29, 0.717) is 0 Å². The van der Waals surface area contributed by atoms with E-state index in [9.17, 15) is 0 Å². The molecule has 2 aliphatic carbocycles. The van der Waals surface area contributed by atoms with Crippen LogP contribution in [0, 0.1) is 20.8 Å². The summed E-state index contributed by atoms with van der Waals surface area (Å²) in [5.74, 6) is 0. The van der Waals surface area contributed by atoms with E-state index in [1.54, 1.807) is 0 Å². The molecule has 0 amide bonds. The van der Waals surface area contributed by atoms with Gasteiger partial charge in [-0.15, -0.1) is 0 Å². The normalized spacial score (nSPS) is 18.5. The molecule has 330 valence electrons. The van der Waals surface area contributed by atoms with E-state index in [1.165, 1.54) is 108 Å². The first-order valence-electron chi connectivity index (χ1n) is 24.4. The van der Waals surface area contributed by atoms with Crippen molar-refractivity contribution in [3.8, 4) is 11.1 Å². The monoisotopic (exact) mass is 855 g/mol. The number of hydrogen-bond donors (Lipinski definition) is 0. The quantitative estimate of drug-likeness (QED) is 0.165. The summed E-state index contributed by atoms with van der Waals surface area (Å²) >= 11 is 0. The molecule has 0 fully saturated rings. The number of hydrogen-bond acceptors (Lipinski definition) is 3. The Labute approximate surface area is 389 Å². The van der Waals surface area contributed by atoms with Crippen LogP contribution in [0.15, 0.2) is 108 Å². The summed E-state index contributed by atoms with van der Waals surface area (Å²) in [7, 11) is 0. The summed E-state index contributed by atoms with van der Waals surface area (Å²) in [6.45, 7) is 33.3. The molecule has 0 saturated heterocycles. The molecule has 1 aromatic heterocycles. The molecular weight excluding hydrogens is 787 g/mol. The van der Waals surface area contributed by atoms with Crippen molar-refractivity contribution in [2.75, 3.05) is 9.80 Å². The zero-order chi connectivity index (χ0) is 45.9. The Morgan fingerprint density at radius 1 is 0.538 bits per heavy atom. The molecule has 3 nitrogen and oxygen atoms in total. The second-order valence-electron chi connectivity index (χ2n) is 24.1. The number of nitrogens with zero attached hydrogens (tertiary/aromatic N) is 2. The summed E-state index contributed by atoms with van der Waals surface area (Å²) in [5, 5.41) is 1.17.